The molecule has 2 aliphatic rings. The van der Waals surface area contributed by atoms with Gasteiger partial charge in [-0.15, -0.1) is 0 Å². The van der Waals surface area contributed by atoms with Crippen molar-refractivity contribution in [3.8, 4) is 0 Å². The van der Waals surface area contributed by atoms with Gasteiger partial charge in [0.05, 0.1) is 0 Å². The van der Waals surface area contributed by atoms with E-state index in [4.69, 9.17) is 0 Å². The molecule has 0 saturated heterocycles. The number of aryl methyl sites for hydroxylation is 1. The summed E-state index contributed by atoms with van der Waals surface area (Å²) in [5, 5.41) is 0. The van der Waals surface area contributed by atoms with Crippen LogP contribution in [-0.2, 0) is 17.6 Å². The quantitative estimate of drug-likeness (QED) is 0.822. The minimum absolute atomic E-state index is 0.303. The highest BCUT2D eigenvalue weighted by molar-refractivity contribution is 5.83. The van der Waals surface area contributed by atoms with Crippen LogP contribution in [0.15, 0.2) is 18.3 Å². The third kappa shape index (κ3) is 3.53. The van der Waals surface area contributed by atoms with Gasteiger partial charge in [-0.1, -0.05) is 38.7 Å². The average Bonchev–Trinajstić information content (AvgIpc) is 2.55. The second kappa shape index (κ2) is 6.72. The monoisotopic (exact) mass is 285 g/mol. The predicted molar refractivity (Wildman–Crippen MR) is 85.1 cm³/mol. The van der Waals surface area contributed by atoms with Crippen LogP contribution < -0.4 is 0 Å². The van der Waals surface area contributed by atoms with E-state index in [2.05, 4.69) is 18.0 Å². The summed E-state index contributed by atoms with van der Waals surface area (Å²) >= 11 is 0. The molecule has 0 spiro atoms. The van der Waals surface area contributed by atoms with Crippen LogP contribution in [0.4, 0.5) is 0 Å². The second-order valence-electron chi connectivity index (χ2n) is 6.97. The third-order valence-corrected chi connectivity index (χ3v) is 5.64. The van der Waals surface area contributed by atoms with Gasteiger partial charge in [0.15, 0.2) is 0 Å². The van der Waals surface area contributed by atoms with Crippen molar-refractivity contribution in [2.45, 2.75) is 64.7 Å². The SMILES string of the molecule is CCc1ccc(CC(=O)C2CCC3CCCCC3C2)nc1. The van der Waals surface area contributed by atoms with Gasteiger partial charge in [-0.25, -0.2) is 0 Å². The fourth-order valence-corrected chi connectivity index (χ4v) is 4.26. The average molecular weight is 285 g/mol. The first-order valence-electron chi connectivity index (χ1n) is 8.72. The van der Waals surface area contributed by atoms with E-state index in [1.165, 1.54) is 37.7 Å². The van der Waals surface area contributed by atoms with Crippen LogP contribution in [0.2, 0.25) is 0 Å². The van der Waals surface area contributed by atoms with Crippen LogP contribution in [-0.4, -0.2) is 10.8 Å². The Hall–Kier alpha value is -1.18. The number of aromatic nitrogens is 1. The number of fused-ring (bicyclic) bond motifs is 1. The number of rotatable bonds is 4. The smallest absolute Gasteiger partial charge is 0.141 e. The number of ketones is 1. The van der Waals surface area contributed by atoms with Crippen LogP contribution in [0.25, 0.3) is 0 Å². The number of carbonyl (C=O) groups is 1. The first-order valence-corrected chi connectivity index (χ1v) is 8.72. The number of hydrogen-bond acceptors (Lipinski definition) is 2. The lowest BCUT2D eigenvalue weighted by Crippen LogP contribution is -2.32. The molecule has 2 nitrogen and oxygen atoms in total. The van der Waals surface area contributed by atoms with Crippen molar-refractivity contribution in [3.05, 3.63) is 29.6 Å². The van der Waals surface area contributed by atoms with E-state index in [0.717, 1.165) is 36.8 Å². The van der Waals surface area contributed by atoms with Crippen LogP contribution in [0.1, 0.15) is 63.1 Å². The Kier molecular flexibility index (Phi) is 4.72. The molecule has 0 aromatic carbocycles. The molecule has 1 aromatic rings. The molecule has 21 heavy (non-hydrogen) atoms. The molecule has 3 atom stereocenters. The van der Waals surface area contributed by atoms with Gasteiger partial charge >= 0.3 is 0 Å². The Balaban J connectivity index is 1.57. The molecular formula is C19H27NO. The van der Waals surface area contributed by atoms with Gasteiger partial charge in [-0.3, -0.25) is 9.78 Å². The van der Waals surface area contributed by atoms with Gasteiger partial charge in [-0.05, 0) is 49.1 Å². The first-order chi connectivity index (χ1) is 10.3. The highest BCUT2D eigenvalue weighted by atomic mass is 16.1. The Morgan fingerprint density at radius 1 is 1.14 bits per heavy atom. The molecule has 114 valence electrons. The van der Waals surface area contributed by atoms with Gasteiger partial charge in [0.2, 0.25) is 0 Å². The summed E-state index contributed by atoms with van der Waals surface area (Å²) in [6.45, 7) is 2.13. The maximum absolute atomic E-state index is 12.6. The van der Waals surface area contributed by atoms with Crippen LogP contribution in [0.3, 0.4) is 0 Å². The maximum Gasteiger partial charge on any atom is 0.141 e. The lowest BCUT2D eigenvalue weighted by atomic mass is 9.66. The predicted octanol–water partition coefficient (Wildman–Crippen LogP) is 4.36. The largest absolute Gasteiger partial charge is 0.299 e. The van der Waals surface area contributed by atoms with E-state index < -0.39 is 0 Å². The summed E-state index contributed by atoms with van der Waals surface area (Å²) in [4.78, 5) is 17.0. The lowest BCUT2D eigenvalue weighted by molar-refractivity contribution is -0.124. The Bertz CT molecular complexity index is 479. The standard InChI is InChI=1S/C19H27NO/c1-2-14-7-10-18(20-13-14)12-19(21)17-9-8-15-5-3-4-6-16(15)11-17/h7,10,13,15-17H,2-6,8-9,11-12H2,1H3. The molecule has 2 saturated carbocycles. The number of Topliss-reactive ketones (excluding diaryl/α,β-unsaturated/α-hetero) is 1. The normalized spacial score (nSPS) is 28.9. The van der Waals surface area contributed by atoms with E-state index in [1.807, 2.05) is 12.3 Å². The zero-order chi connectivity index (χ0) is 14.7. The van der Waals surface area contributed by atoms with Gasteiger partial charge in [0.1, 0.15) is 5.78 Å². The van der Waals surface area contributed by atoms with Crippen molar-refractivity contribution < 1.29 is 4.79 Å². The van der Waals surface area contributed by atoms with E-state index in [1.54, 1.807) is 0 Å². The zero-order valence-corrected chi connectivity index (χ0v) is 13.2. The number of carbonyl (C=O) groups excluding carboxylic acids is 1. The van der Waals surface area contributed by atoms with Crippen molar-refractivity contribution in [1.29, 1.82) is 0 Å². The molecular weight excluding hydrogens is 258 g/mol. The van der Waals surface area contributed by atoms with Crippen LogP contribution >= 0.6 is 0 Å². The molecule has 1 heterocycles. The van der Waals surface area contributed by atoms with Gasteiger partial charge < -0.3 is 0 Å². The van der Waals surface area contributed by atoms with E-state index in [0.29, 0.717) is 18.1 Å². The van der Waals surface area contributed by atoms with Crippen LogP contribution in [0.5, 0.6) is 0 Å². The van der Waals surface area contributed by atoms with Crippen molar-refractivity contribution in [1.82, 2.24) is 4.98 Å². The molecule has 2 heteroatoms. The number of hydrogen-bond donors (Lipinski definition) is 0. The first kappa shape index (κ1) is 14.7. The molecule has 0 amide bonds. The third-order valence-electron chi connectivity index (χ3n) is 5.64. The van der Waals surface area contributed by atoms with Crippen molar-refractivity contribution in [2.75, 3.05) is 0 Å². The van der Waals surface area contributed by atoms with E-state index in [9.17, 15) is 4.79 Å². The minimum atomic E-state index is 0.303. The Morgan fingerprint density at radius 3 is 2.67 bits per heavy atom. The van der Waals surface area contributed by atoms with Crippen molar-refractivity contribution in [2.24, 2.45) is 17.8 Å². The van der Waals surface area contributed by atoms with Gasteiger partial charge in [0.25, 0.3) is 0 Å². The molecule has 0 bridgehead atoms. The van der Waals surface area contributed by atoms with Crippen LogP contribution in [0, 0.1) is 17.8 Å². The summed E-state index contributed by atoms with van der Waals surface area (Å²) in [5.41, 5.74) is 2.19. The second-order valence-corrected chi connectivity index (χ2v) is 6.97. The molecule has 3 unspecified atom stereocenters. The molecule has 0 aliphatic heterocycles. The highest BCUT2D eigenvalue weighted by Crippen LogP contribution is 2.43. The summed E-state index contributed by atoms with van der Waals surface area (Å²) in [6.07, 6.45) is 12.6. The molecule has 3 rings (SSSR count). The fraction of sp³-hybridized carbons (Fsp3) is 0.684. The molecule has 0 radical (unpaired) electrons. The summed E-state index contributed by atoms with van der Waals surface area (Å²) < 4.78 is 0. The zero-order valence-electron chi connectivity index (χ0n) is 13.2. The lowest BCUT2D eigenvalue weighted by Gasteiger charge is -2.38. The number of pyridine rings is 1. The Morgan fingerprint density at radius 2 is 1.95 bits per heavy atom. The Labute approximate surface area is 128 Å². The van der Waals surface area contributed by atoms with Gasteiger partial charge in [-0.2, -0.15) is 0 Å². The summed E-state index contributed by atoms with van der Waals surface area (Å²) in [7, 11) is 0. The van der Waals surface area contributed by atoms with E-state index >= 15 is 0 Å². The highest BCUT2D eigenvalue weighted by Gasteiger charge is 2.34. The molecule has 2 fully saturated rings. The topological polar surface area (TPSA) is 30.0 Å². The summed E-state index contributed by atoms with van der Waals surface area (Å²) in [5.74, 6) is 2.48. The van der Waals surface area contributed by atoms with Crippen molar-refractivity contribution in [3.63, 3.8) is 0 Å². The maximum atomic E-state index is 12.6. The minimum Gasteiger partial charge on any atom is -0.299 e. The molecule has 1 aromatic heterocycles. The van der Waals surface area contributed by atoms with Crippen molar-refractivity contribution >= 4 is 5.78 Å². The fourth-order valence-electron chi connectivity index (χ4n) is 4.26. The van der Waals surface area contributed by atoms with Gasteiger partial charge in [0, 0.05) is 24.2 Å². The van der Waals surface area contributed by atoms with E-state index in [-0.39, 0.29) is 0 Å². The summed E-state index contributed by atoms with van der Waals surface area (Å²) in [6, 6.07) is 4.14. The molecule has 0 N–H and O–H groups in total. The number of nitrogens with zero attached hydrogens (tertiary/aromatic N) is 1. The molecule has 2 aliphatic carbocycles.